The minimum absolute atomic E-state index is 0.0366. The molecule has 6 heteroatoms. The molecule has 4 fully saturated rings. The molecule has 1 aromatic carbocycles. The number of rotatable bonds is 5. The van der Waals surface area contributed by atoms with E-state index >= 15 is 0 Å². The van der Waals surface area contributed by atoms with Crippen molar-refractivity contribution in [2.24, 2.45) is 23.2 Å². The summed E-state index contributed by atoms with van der Waals surface area (Å²) in [7, 11) is 0. The molecular weight excluding hydrogens is 430 g/mol. The minimum Gasteiger partial charge on any atom is -0.353 e. The van der Waals surface area contributed by atoms with Gasteiger partial charge < -0.3 is 5.32 Å². The van der Waals surface area contributed by atoms with Crippen LogP contribution >= 0.6 is 15.9 Å². The molecule has 29 heavy (non-hydrogen) atoms. The van der Waals surface area contributed by atoms with Crippen LogP contribution in [-0.4, -0.2) is 21.5 Å². The third-order valence-corrected chi connectivity index (χ3v) is 8.24. The number of nitrogens with one attached hydrogen (secondary N) is 1. The van der Waals surface area contributed by atoms with Gasteiger partial charge in [-0.1, -0.05) is 15.9 Å². The summed E-state index contributed by atoms with van der Waals surface area (Å²) in [4.78, 5) is 29.8. The van der Waals surface area contributed by atoms with Crippen LogP contribution in [0.25, 0.3) is 10.9 Å². The smallest absolute Gasteiger partial charge is 0.261 e. The summed E-state index contributed by atoms with van der Waals surface area (Å²) in [5, 5.41) is 3.86. The Morgan fingerprint density at radius 3 is 2.55 bits per heavy atom. The van der Waals surface area contributed by atoms with E-state index < -0.39 is 0 Å². The highest BCUT2D eigenvalue weighted by molar-refractivity contribution is 9.10. The Morgan fingerprint density at radius 1 is 1.24 bits per heavy atom. The Hall–Kier alpha value is -1.69. The lowest BCUT2D eigenvalue weighted by atomic mass is 9.48. The first-order chi connectivity index (χ1) is 13.9. The van der Waals surface area contributed by atoms with Gasteiger partial charge in [-0.3, -0.25) is 14.2 Å². The maximum Gasteiger partial charge on any atom is 0.261 e. The van der Waals surface area contributed by atoms with Crippen LogP contribution in [0.1, 0.15) is 51.9 Å². The molecule has 1 heterocycles. The van der Waals surface area contributed by atoms with E-state index in [1.165, 1.54) is 38.5 Å². The topological polar surface area (TPSA) is 64.0 Å². The van der Waals surface area contributed by atoms with E-state index in [9.17, 15) is 9.59 Å². The second-order valence-corrected chi connectivity index (χ2v) is 10.6. The minimum atomic E-state index is -0.0989. The molecule has 0 spiro atoms. The normalized spacial score (nSPS) is 31.2. The fourth-order valence-electron chi connectivity index (χ4n) is 6.69. The Labute approximate surface area is 179 Å². The fourth-order valence-corrected chi connectivity index (χ4v) is 7.05. The number of carbonyl (C=O) groups excluding carboxylic acids is 1. The molecule has 1 atom stereocenters. The van der Waals surface area contributed by atoms with Crippen LogP contribution in [-0.2, 0) is 11.3 Å². The van der Waals surface area contributed by atoms with Gasteiger partial charge >= 0.3 is 0 Å². The van der Waals surface area contributed by atoms with Crippen molar-refractivity contribution in [1.29, 1.82) is 0 Å². The van der Waals surface area contributed by atoms with E-state index in [2.05, 4.69) is 33.2 Å². The zero-order valence-electron chi connectivity index (χ0n) is 16.9. The molecule has 5 nitrogen and oxygen atoms in total. The number of nitrogens with zero attached hydrogens (tertiary/aromatic N) is 2. The van der Waals surface area contributed by atoms with Crippen LogP contribution in [0.5, 0.6) is 0 Å². The molecule has 4 saturated carbocycles. The Bertz CT molecular complexity index is 980. The molecule has 1 amide bonds. The monoisotopic (exact) mass is 457 g/mol. The second-order valence-electron chi connectivity index (χ2n) is 9.72. The lowest BCUT2D eigenvalue weighted by Crippen LogP contribution is -2.55. The number of fused-ring (bicyclic) bond motifs is 1. The first-order valence-electron chi connectivity index (χ1n) is 10.9. The van der Waals surface area contributed by atoms with Gasteiger partial charge in [-0.05, 0) is 86.8 Å². The number of amides is 1. The van der Waals surface area contributed by atoms with Crippen LogP contribution < -0.4 is 10.9 Å². The van der Waals surface area contributed by atoms with E-state index in [1.807, 2.05) is 12.1 Å². The molecule has 0 saturated heterocycles. The van der Waals surface area contributed by atoms with Gasteiger partial charge in [0.1, 0.15) is 0 Å². The predicted octanol–water partition coefficient (Wildman–Crippen LogP) is 4.27. The van der Waals surface area contributed by atoms with Crippen LogP contribution in [0.3, 0.4) is 0 Å². The lowest BCUT2D eigenvalue weighted by Gasteiger charge is -2.59. The van der Waals surface area contributed by atoms with Crippen LogP contribution in [0.4, 0.5) is 0 Å². The van der Waals surface area contributed by atoms with Crippen molar-refractivity contribution >= 4 is 32.7 Å². The van der Waals surface area contributed by atoms with Crippen molar-refractivity contribution < 1.29 is 4.79 Å². The molecule has 4 bridgehead atoms. The van der Waals surface area contributed by atoms with Crippen LogP contribution in [0.15, 0.2) is 33.8 Å². The van der Waals surface area contributed by atoms with Gasteiger partial charge in [-0.2, -0.15) is 0 Å². The molecule has 4 aliphatic carbocycles. The molecule has 4 aliphatic rings. The maximum atomic E-state index is 12.7. The van der Waals surface area contributed by atoms with Crippen molar-refractivity contribution in [1.82, 2.24) is 14.9 Å². The van der Waals surface area contributed by atoms with Gasteiger partial charge in [-0.15, -0.1) is 0 Å². The molecule has 6 rings (SSSR count). The number of halogens is 1. The quantitative estimate of drug-likeness (QED) is 0.728. The summed E-state index contributed by atoms with van der Waals surface area (Å²) in [6, 6.07) is 5.70. The summed E-state index contributed by atoms with van der Waals surface area (Å²) < 4.78 is 2.40. The highest BCUT2D eigenvalue weighted by Gasteiger charge is 2.53. The third kappa shape index (κ3) is 3.54. The summed E-state index contributed by atoms with van der Waals surface area (Å²) >= 11 is 3.41. The van der Waals surface area contributed by atoms with Crippen molar-refractivity contribution in [2.75, 3.05) is 0 Å². The first kappa shape index (κ1) is 19.3. The zero-order chi connectivity index (χ0) is 20.2. The van der Waals surface area contributed by atoms with Gasteiger partial charge in [0.2, 0.25) is 5.91 Å². The van der Waals surface area contributed by atoms with Gasteiger partial charge in [0, 0.05) is 23.5 Å². The van der Waals surface area contributed by atoms with Gasteiger partial charge in [0.25, 0.3) is 5.56 Å². The largest absolute Gasteiger partial charge is 0.353 e. The Morgan fingerprint density at radius 2 is 1.90 bits per heavy atom. The summed E-state index contributed by atoms with van der Waals surface area (Å²) in [5.41, 5.74) is 0.880. The van der Waals surface area contributed by atoms with Crippen molar-refractivity contribution in [2.45, 2.75) is 64.5 Å². The second kappa shape index (κ2) is 7.22. The van der Waals surface area contributed by atoms with Crippen LogP contribution in [0.2, 0.25) is 0 Å². The van der Waals surface area contributed by atoms with Gasteiger partial charge in [-0.25, -0.2) is 4.98 Å². The molecule has 154 valence electrons. The average Bonchev–Trinajstić information content (AvgIpc) is 2.67. The molecule has 2 aromatic rings. The van der Waals surface area contributed by atoms with E-state index in [-0.39, 0.29) is 17.5 Å². The first-order valence-corrected chi connectivity index (χ1v) is 11.7. The van der Waals surface area contributed by atoms with Crippen molar-refractivity contribution in [3.05, 3.63) is 39.4 Å². The number of carbonyl (C=O) groups is 1. The summed E-state index contributed by atoms with van der Waals surface area (Å²) in [6.45, 7) is 2.56. The fraction of sp³-hybridized carbons (Fsp3) is 0.609. The number of aryl methyl sites for hydroxylation is 1. The third-order valence-electron chi connectivity index (χ3n) is 7.75. The molecule has 1 aromatic heterocycles. The number of hydrogen-bond acceptors (Lipinski definition) is 3. The van der Waals surface area contributed by atoms with Crippen LogP contribution in [0, 0.1) is 23.2 Å². The Balaban J connectivity index is 1.24. The van der Waals surface area contributed by atoms with E-state index in [1.54, 1.807) is 17.0 Å². The average molecular weight is 458 g/mol. The molecule has 0 radical (unpaired) electrons. The maximum absolute atomic E-state index is 12.7. The summed E-state index contributed by atoms with van der Waals surface area (Å²) in [5.74, 6) is 2.67. The van der Waals surface area contributed by atoms with E-state index in [0.29, 0.717) is 29.3 Å². The van der Waals surface area contributed by atoms with Gasteiger partial charge in [0.05, 0.1) is 17.2 Å². The van der Waals surface area contributed by atoms with Crippen molar-refractivity contribution in [3.63, 3.8) is 0 Å². The SMILES string of the molecule is CC(NC(=O)CCn1cnc2ccc(Br)cc2c1=O)C12CC3CC(CC(C3)C1)C2. The van der Waals surface area contributed by atoms with Crippen molar-refractivity contribution in [3.8, 4) is 0 Å². The highest BCUT2D eigenvalue weighted by atomic mass is 79.9. The molecular formula is C23H28BrN3O2. The van der Waals surface area contributed by atoms with E-state index in [0.717, 1.165) is 22.2 Å². The van der Waals surface area contributed by atoms with Gasteiger partial charge in [0.15, 0.2) is 0 Å². The highest BCUT2D eigenvalue weighted by Crippen LogP contribution is 2.61. The zero-order valence-corrected chi connectivity index (χ0v) is 18.5. The molecule has 1 N–H and O–H groups in total. The predicted molar refractivity (Wildman–Crippen MR) is 117 cm³/mol. The number of benzene rings is 1. The number of hydrogen-bond donors (Lipinski definition) is 1. The van der Waals surface area contributed by atoms with E-state index in [4.69, 9.17) is 0 Å². The number of aromatic nitrogens is 2. The molecule has 1 unspecified atom stereocenters. The lowest BCUT2D eigenvalue weighted by molar-refractivity contribution is -0.126. The summed E-state index contributed by atoms with van der Waals surface area (Å²) in [6.07, 6.45) is 9.93. The standard InChI is InChI=1S/C23H28BrN3O2/c1-14(23-10-15-6-16(11-23)8-17(7-15)12-23)26-21(28)4-5-27-13-25-20-3-2-18(24)9-19(20)22(27)29/h2-3,9,13-17H,4-8,10-12H2,1H3,(H,26,28). The Kier molecular flexibility index (Phi) is 4.80. The molecule has 0 aliphatic heterocycles.